The van der Waals surface area contributed by atoms with Gasteiger partial charge in [0.25, 0.3) is 6.71 Å². The van der Waals surface area contributed by atoms with Crippen molar-refractivity contribution in [2.24, 2.45) is 7.05 Å². The molecular weight excluding hydrogens is 761 g/mol. The molecule has 0 radical (unpaired) electrons. The highest BCUT2D eigenvalue weighted by atomic mass is 15.2. The number of anilines is 6. The summed E-state index contributed by atoms with van der Waals surface area (Å²) in [6.07, 6.45) is 0. The van der Waals surface area contributed by atoms with E-state index in [9.17, 15) is 0 Å². The first kappa shape index (κ1) is 34.8. The molecule has 12 aromatic rings. The maximum Gasteiger partial charge on any atom is 0.272 e. The third kappa shape index (κ3) is 4.60. The highest BCUT2D eigenvalue weighted by molar-refractivity contribution is 7.00. The van der Waals surface area contributed by atoms with Crippen LogP contribution in [0.5, 0.6) is 0 Å². The first-order valence-electron chi connectivity index (χ1n) is 22.1. The minimum absolute atomic E-state index is 0.00378. The Morgan fingerprint density at radius 2 is 0.857 bits per heavy atom. The van der Waals surface area contributed by atoms with Crippen LogP contribution in [0, 0.1) is 13.8 Å². The van der Waals surface area contributed by atoms with Crippen molar-refractivity contribution in [2.75, 3.05) is 9.80 Å². The van der Waals surface area contributed by atoms with Gasteiger partial charge in [0.05, 0.1) is 11.4 Å². The van der Waals surface area contributed by atoms with Crippen LogP contribution in [0.1, 0.15) is 11.1 Å². The first-order valence-corrected chi connectivity index (χ1v) is 22.1. The van der Waals surface area contributed by atoms with Crippen LogP contribution in [-0.4, -0.2) is 11.3 Å². The van der Waals surface area contributed by atoms with Gasteiger partial charge in [0.2, 0.25) is 0 Å². The monoisotopic (exact) mass is 801 g/mol. The van der Waals surface area contributed by atoms with Crippen molar-refractivity contribution >= 4 is 133 Å². The summed E-state index contributed by atoms with van der Waals surface area (Å²) in [4.78, 5) is 5.19. The SMILES string of the molecule is Cc1ccc2c(c1)B1c3c(cccc3N(c3cccc4c5ccccc5c5ccccc5c34)c3c1n(C)c1ccc(C)cc31)N2c1ccc2c3ccccc3c3ccccc3c2c1. The molecule has 4 heteroatoms. The molecule has 0 saturated carbocycles. The van der Waals surface area contributed by atoms with E-state index in [4.69, 9.17) is 0 Å². The Bertz CT molecular complexity index is 3910. The lowest BCUT2D eigenvalue weighted by atomic mass is 9.35. The summed E-state index contributed by atoms with van der Waals surface area (Å²) in [7, 11) is 2.29. The van der Waals surface area contributed by atoms with E-state index in [2.05, 4.69) is 223 Å². The second kappa shape index (κ2) is 12.6. The van der Waals surface area contributed by atoms with Crippen LogP contribution < -0.4 is 26.3 Å². The van der Waals surface area contributed by atoms with E-state index in [-0.39, 0.29) is 6.71 Å². The van der Waals surface area contributed by atoms with Crippen LogP contribution in [0.4, 0.5) is 34.1 Å². The van der Waals surface area contributed by atoms with Gasteiger partial charge >= 0.3 is 0 Å². The number of benzene rings is 11. The second-order valence-electron chi connectivity index (χ2n) is 17.8. The van der Waals surface area contributed by atoms with Gasteiger partial charge in [-0.1, -0.05) is 151 Å². The summed E-state index contributed by atoms with van der Waals surface area (Å²) in [5, 5.41) is 16.6. The summed E-state index contributed by atoms with van der Waals surface area (Å²) in [6.45, 7) is 4.47. The third-order valence-corrected chi connectivity index (χ3v) is 14.4. The van der Waals surface area contributed by atoms with Crippen molar-refractivity contribution < 1.29 is 0 Å². The van der Waals surface area contributed by atoms with Crippen molar-refractivity contribution in [1.82, 2.24) is 4.57 Å². The van der Waals surface area contributed by atoms with Gasteiger partial charge in [-0.15, -0.1) is 0 Å². The Morgan fingerprint density at radius 1 is 0.365 bits per heavy atom. The van der Waals surface area contributed by atoms with Gasteiger partial charge in [0.1, 0.15) is 0 Å². The van der Waals surface area contributed by atoms with Crippen LogP contribution in [0.25, 0.3) is 75.5 Å². The number of fused-ring (bicyclic) bond motifs is 18. The molecule has 0 fully saturated rings. The molecule has 3 heterocycles. The summed E-state index contributed by atoms with van der Waals surface area (Å²) >= 11 is 0. The van der Waals surface area contributed by atoms with E-state index in [1.165, 1.54) is 132 Å². The molecule has 0 aliphatic carbocycles. The molecule has 3 nitrogen and oxygen atoms in total. The predicted octanol–water partition coefficient (Wildman–Crippen LogP) is 13.8. The fraction of sp³-hybridized carbons (Fsp3) is 0.0508. The maximum absolute atomic E-state index is 2.63. The number of aryl methyl sites for hydroxylation is 3. The van der Waals surface area contributed by atoms with Gasteiger partial charge in [-0.2, -0.15) is 0 Å². The lowest BCUT2D eigenvalue weighted by Gasteiger charge is -2.43. The molecule has 2 aliphatic rings. The molecule has 0 atom stereocenters. The van der Waals surface area contributed by atoms with Gasteiger partial charge in [-0.25, -0.2) is 0 Å². The number of nitrogens with zero attached hydrogens (tertiary/aromatic N) is 3. The predicted molar refractivity (Wildman–Crippen MR) is 271 cm³/mol. The average Bonchev–Trinajstić information content (AvgIpc) is 3.61. The number of rotatable bonds is 2. The van der Waals surface area contributed by atoms with E-state index in [0.29, 0.717) is 0 Å². The molecule has 294 valence electrons. The van der Waals surface area contributed by atoms with Crippen molar-refractivity contribution in [3.05, 3.63) is 199 Å². The molecule has 0 unspecified atom stereocenters. The standard InChI is InChI=1S/C59H40BN3/c1-35-26-30-51-49(32-35)58-59(61(51)3)60-50-33-36(2)27-31-52(50)62(37-28-29-45-40-16-5-4-14-38(40)39-15-7-9-20-44(39)48(45)34-37)54-24-13-25-55(57(54)60)63(58)53-23-12-22-47-43-18-8-6-17-41(43)42-19-10-11-21-46(42)56(47)53/h4-34H,1-3H3. The fourth-order valence-corrected chi connectivity index (χ4v) is 11.8. The molecule has 0 spiro atoms. The fourth-order valence-electron chi connectivity index (χ4n) is 11.8. The van der Waals surface area contributed by atoms with Crippen LogP contribution in [0.3, 0.4) is 0 Å². The Balaban J connectivity index is 1.11. The molecular formula is C59H40BN3. The van der Waals surface area contributed by atoms with E-state index >= 15 is 0 Å². The molecule has 2 aliphatic heterocycles. The molecule has 0 amide bonds. The molecule has 0 saturated heterocycles. The lowest BCUT2D eigenvalue weighted by molar-refractivity contribution is 0.997. The van der Waals surface area contributed by atoms with E-state index in [1.807, 2.05) is 0 Å². The van der Waals surface area contributed by atoms with Crippen LogP contribution in [-0.2, 0) is 7.05 Å². The van der Waals surface area contributed by atoms with Crippen molar-refractivity contribution in [3.63, 3.8) is 0 Å². The lowest BCUT2D eigenvalue weighted by Crippen LogP contribution is -2.62. The smallest absolute Gasteiger partial charge is 0.272 e. The average molecular weight is 802 g/mol. The molecule has 63 heavy (non-hydrogen) atoms. The molecule has 0 bridgehead atoms. The molecule has 14 rings (SSSR count). The number of hydrogen-bond acceptors (Lipinski definition) is 2. The van der Waals surface area contributed by atoms with Gasteiger partial charge in [0.15, 0.2) is 0 Å². The zero-order valence-electron chi connectivity index (χ0n) is 35.3. The second-order valence-corrected chi connectivity index (χ2v) is 17.8. The molecule has 0 N–H and O–H groups in total. The minimum Gasteiger partial charge on any atom is -0.353 e. The van der Waals surface area contributed by atoms with E-state index in [1.54, 1.807) is 0 Å². The Hall–Kier alpha value is -7.82. The van der Waals surface area contributed by atoms with Crippen molar-refractivity contribution in [3.8, 4) is 0 Å². The van der Waals surface area contributed by atoms with Crippen LogP contribution in [0.2, 0.25) is 0 Å². The van der Waals surface area contributed by atoms with Crippen molar-refractivity contribution in [1.29, 1.82) is 0 Å². The van der Waals surface area contributed by atoms with E-state index in [0.717, 1.165) is 5.69 Å². The zero-order chi connectivity index (χ0) is 41.7. The van der Waals surface area contributed by atoms with Crippen LogP contribution in [0.15, 0.2) is 188 Å². The van der Waals surface area contributed by atoms with Gasteiger partial charge in [-0.05, 0) is 133 Å². The van der Waals surface area contributed by atoms with Gasteiger partial charge in [0, 0.05) is 51.7 Å². The van der Waals surface area contributed by atoms with Gasteiger partial charge in [-0.3, -0.25) is 0 Å². The largest absolute Gasteiger partial charge is 0.353 e. The quantitative estimate of drug-likeness (QED) is 0.127. The summed E-state index contributed by atoms with van der Waals surface area (Å²) in [5.74, 6) is 0. The first-order chi connectivity index (χ1) is 31.0. The maximum atomic E-state index is 2.63. The molecule has 11 aromatic carbocycles. The highest BCUT2D eigenvalue weighted by Crippen LogP contribution is 2.50. The minimum atomic E-state index is 0.00378. The summed E-state index contributed by atoms with van der Waals surface area (Å²) in [5.41, 5.74) is 15.0. The number of hydrogen-bond donors (Lipinski definition) is 0. The Kier molecular flexibility index (Phi) is 6.98. The topological polar surface area (TPSA) is 11.4 Å². The van der Waals surface area contributed by atoms with Crippen molar-refractivity contribution in [2.45, 2.75) is 13.8 Å². The Labute approximate surface area is 365 Å². The highest BCUT2D eigenvalue weighted by Gasteiger charge is 2.46. The zero-order valence-corrected chi connectivity index (χ0v) is 35.3. The summed E-state index contributed by atoms with van der Waals surface area (Å²) < 4.78 is 2.50. The summed E-state index contributed by atoms with van der Waals surface area (Å²) in [6, 6.07) is 70.9. The van der Waals surface area contributed by atoms with Gasteiger partial charge < -0.3 is 14.4 Å². The normalized spacial score (nSPS) is 13.2. The van der Waals surface area contributed by atoms with E-state index < -0.39 is 0 Å². The third-order valence-electron chi connectivity index (χ3n) is 14.4. The molecule has 1 aromatic heterocycles. The number of aromatic nitrogens is 1. The Morgan fingerprint density at radius 3 is 1.51 bits per heavy atom. The van der Waals surface area contributed by atoms with Crippen LogP contribution >= 0.6 is 0 Å².